The van der Waals surface area contributed by atoms with Crippen molar-refractivity contribution in [2.75, 3.05) is 6.61 Å². The SMILES string of the molecule is CC(=O)OCC(c1ccc(C)cc1)(C(F)(F)F)C(F)(F)F. The van der Waals surface area contributed by atoms with Crippen LogP contribution in [0.5, 0.6) is 0 Å². The van der Waals surface area contributed by atoms with Gasteiger partial charge in [-0.2, -0.15) is 26.3 Å². The molecule has 0 aromatic heterocycles. The molecule has 0 N–H and O–H groups in total. The van der Waals surface area contributed by atoms with E-state index in [9.17, 15) is 31.1 Å². The van der Waals surface area contributed by atoms with Crippen molar-refractivity contribution in [2.24, 2.45) is 0 Å². The van der Waals surface area contributed by atoms with E-state index in [4.69, 9.17) is 0 Å². The molecule has 0 aliphatic carbocycles. The molecule has 0 fully saturated rings. The highest BCUT2D eigenvalue weighted by Crippen LogP contribution is 2.52. The molecule has 118 valence electrons. The van der Waals surface area contributed by atoms with Crippen LogP contribution in [0.15, 0.2) is 24.3 Å². The fourth-order valence-corrected chi connectivity index (χ4v) is 1.78. The van der Waals surface area contributed by atoms with E-state index < -0.39 is 35.9 Å². The molecule has 21 heavy (non-hydrogen) atoms. The van der Waals surface area contributed by atoms with Crippen molar-refractivity contribution in [2.45, 2.75) is 31.6 Å². The first-order chi connectivity index (χ1) is 9.42. The Bertz CT molecular complexity index is 487. The van der Waals surface area contributed by atoms with E-state index in [-0.39, 0.29) is 0 Å². The van der Waals surface area contributed by atoms with Gasteiger partial charge in [0, 0.05) is 6.92 Å². The van der Waals surface area contributed by atoms with E-state index in [1.165, 1.54) is 6.92 Å². The number of rotatable bonds is 3. The highest BCUT2D eigenvalue weighted by molar-refractivity contribution is 5.66. The molecule has 0 aliphatic rings. The normalized spacial score (nSPS) is 13.1. The molecular weight excluding hydrogens is 302 g/mol. The number of ether oxygens (including phenoxy) is 1. The van der Waals surface area contributed by atoms with Crippen LogP contribution in [0.4, 0.5) is 26.3 Å². The second-order valence-corrected chi connectivity index (χ2v) is 4.55. The van der Waals surface area contributed by atoms with Gasteiger partial charge in [0.25, 0.3) is 0 Å². The molecule has 0 bridgehead atoms. The maximum absolute atomic E-state index is 13.2. The molecule has 1 aromatic rings. The van der Waals surface area contributed by atoms with E-state index in [2.05, 4.69) is 4.74 Å². The Morgan fingerprint density at radius 1 is 1.00 bits per heavy atom. The Labute approximate surface area is 116 Å². The van der Waals surface area contributed by atoms with Gasteiger partial charge >= 0.3 is 18.3 Å². The Hall–Kier alpha value is -1.73. The van der Waals surface area contributed by atoms with Gasteiger partial charge in [-0.25, -0.2) is 0 Å². The zero-order valence-corrected chi connectivity index (χ0v) is 11.1. The Balaban J connectivity index is 3.51. The van der Waals surface area contributed by atoms with E-state index in [0.29, 0.717) is 5.56 Å². The molecule has 0 saturated heterocycles. The Kier molecular flexibility index (Phi) is 4.60. The van der Waals surface area contributed by atoms with Crippen LogP contribution in [0.25, 0.3) is 0 Å². The fourth-order valence-electron chi connectivity index (χ4n) is 1.78. The van der Waals surface area contributed by atoms with Gasteiger partial charge in [0.1, 0.15) is 6.61 Å². The number of aryl methyl sites for hydroxylation is 1. The molecule has 0 spiro atoms. The first-order valence-corrected chi connectivity index (χ1v) is 5.76. The monoisotopic (exact) mass is 314 g/mol. The number of carbonyl (C=O) groups excluding carboxylic acids is 1. The van der Waals surface area contributed by atoms with Crippen molar-refractivity contribution >= 4 is 5.97 Å². The average molecular weight is 314 g/mol. The third-order valence-corrected chi connectivity index (χ3v) is 3.00. The van der Waals surface area contributed by atoms with E-state index in [1.54, 1.807) is 0 Å². The van der Waals surface area contributed by atoms with Gasteiger partial charge in [-0.3, -0.25) is 4.79 Å². The molecular formula is C13H12F6O2. The highest BCUT2D eigenvalue weighted by Gasteiger charge is 2.72. The van der Waals surface area contributed by atoms with Crippen LogP contribution in [0.1, 0.15) is 18.1 Å². The van der Waals surface area contributed by atoms with Gasteiger partial charge < -0.3 is 4.74 Å². The fraction of sp³-hybridized carbons (Fsp3) is 0.462. The number of hydrogen-bond donors (Lipinski definition) is 0. The molecule has 0 saturated carbocycles. The zero-order chi connectivity index (χ0) is 16.5. The number of halogens is 6. The van der Waals surface area contributed by atoms with Gasteiger partial charge in [0.15, 0.2) is 0 Å². The maximum Gasteiger partial charge on any atom is 0.410 e. The first-order valence-electron chi connectivity index (χ1n) is 5.76. The molecule has 8 heteroatoms. The van der Waals surface area contributed by atoms with Crippen molar-refractivity contribution in [3.05, 3.63) is 35.4 Å². The number of carbonyl (C=O) groups is 1. The van der Waals surface area contributed by atoms with E-state index in [0.717, 1.165) is 31.2 Å². The molecule has 0 amide bonds. The number of esters is 1. The lowest BCUT2D eigenvalue weighted by Crippen LogP contribution is -2.57. The minimum Gasteiger partial charge on any atom is -0.464 e. The van der Waals surface area contributed by atoms with Crippen LogP contribution in [-0.4, -0.2) is 24.9 Å². The largest absolute Gasteiger partial charge is 0.464 e. The van der Waals surface area contributed by atoms with Crippen LogP contribution in [0.3, 0.4) is 0 Å². The molecule has 2 nitrogen and oxygen atoms in total. The van der Waals surface area contributed by atoms with Crippen LogP contribution >= 0.6 is 0 Å². The summed E-state index contributed by atoms with van der Waals surface area (Å²) in [6.45, 7) is 0.420. The van der Waals surface area contributed by atoms with Crippen LogP contribution < -0.4 is 0 Å². The first kappa shape index (κ1) is 17.3. The maximum atomic E-state index is 13.2. The van der Waals surface area contributed by atoms with Crippen LogP contribution in [0.2, 0.25) is 0 Å². The highest BCUT2D eigenvalue weighted by atomic mass is 19.4. The van der Waals surface area contributed by atoms with Gasteiger partial charge in [-0.15, -0.1) is 0 Å². The topological polar surface area (TPSA) is 26.3 Å². The lowest BCUT2D eigenvalue weighted by molar-refractivity contribution is -0.312. The predicted molar refractivity (Wildman–Crippen MR) is 61.6 cm³/mol. The summed E-state index contributed by atoms with van der Waals surface area (Å²) in [6, 6.07) is 3.74. The lowest BCUT2D eigenvalue weighted by Gasteiger charge is -2.37. The summed E-state index contributed by atoms with van der Waals surface area (Å²) in [5.74, 6) is -1.22. The van der Waals surface area contributed by atoms with Gasteiger partial charge in [-0.05, 0) is 12.5 Å². The van der Waals surface area contributed by atoms with Crippen molar-refractivity contribution in [3.8, 4) is 0 Å². The molecule has 0 aliphatic heterocycles. The Morgan fingerprint density at radius 3 is 1.76 bits per heavy atom. The zero-order valence-electron chi connectivity index (χ0n) is 11.1. The number of benzene rings is 1. The second kappa shape index (κ2) is 5.57. The van der Waals surface area contributed by atoms with Gasteiger partial charge in [0.05, 0.1) is 0 Å². The summed E-state index contributed by atoms with van der Waals surface area (Å²) >= 11 is 0. The quantitative estimate of drug-likeness (QED) is 0.624. The summed E-state index contributed by atoms with van der Waals surface area (Å²) in [6.07, 6.45) is -11.3. The minimum atomic E-state index is -5.67. The van der Waals surface area contributed by atoms with Crippen LogP contribution in [0, 0.1) is 6.92 Å². The summed E-state index contributed by atoms with van der Waals surface area (Å²) < 4.78 is 83.2. The molecule has 0 radical (unpaired) electrons. The standard InChI is InChI=1S/C13H12F6O2/c1-8-3-5-10(6-4-8)11(12(14,15)16,13(17,18)19)7-21-9(2)20/h3-6H,7H2,1-2H3. The molecule has 1 rings (SSSR count). The predicted octanol–water partition coefficient (Wildman–Crippen LogP) is 3.92. The summed E-state index contributed by atoms with van der Waals surface area (Å²) in [5, 5.41) is 0. The van der Waals surface area contributed by atoms with Crippen molar-refractivity contribution in [1.82, 2.24) is 0 Å². The van der Waals surface area contributed by atoms with Gasteiger partial charge in [-0.1, -0.05) is 29.8 Å². The van der Waals surface area contributed by atoms with Crippen molar-refractivity contribution < 1.29 is 35.9 Å². The summed E-state index contributed by atoms with van der Waals surface area (Å²) in [4.78, 5) is 10.7. The third-order valence-electron chi connectivity index (χ3n) is 3.00. The van der Waals surface area contributed by atoms with Crippen molar-refractivity contribution in [1.29, 1.82) is 0 Å². The smallest absolute Gasteiger partial charge is 0.410 e. The van der Waals surface area contributed by atoms with Crippen molar-refractivity contribution in [3.63, 3.8) is 0 Å². The van der Waals surface area contributed by atoms with E-state index in [1.807, 2.05) is 0 Å². The molecule has 0 atom stereocenters. The van der Waals surface area contributed by atoms with Crippen LogP contribution in [-0.2, 0) is 14.9 Å². The lowest BCUT2D eigenvalue weighted by atomic mass is 9.79. The summed E-state index contributed by atoms with van der Waals surface area (Å²) in [5.41, 5.74) is -4.77. The van der Waals surface area contributed by atoms with E-state index >= 15 is 0 Å². The molecule has 1 aromatic carbocycles. The third kappa shape index (κ3) is 3.30. The summed E-state index contributed by atoms with van der Waals surface area (Å²) in [7, 11) is 0. The second-order valence-electron chi connectivity index (χ2n) is 4.55. The number of alkyl halides is 6. The Morgan fingerprint density at radius 2 is 1.43 bits per heavy atom. The average Bonchev–Trinajstić information content (AvgIpc) is 2.28. The van der Waals surface area contributed by atoms with Gasteiger partial charge in [0.2, 0.25) is 5.41 Å². The molecule has 0 heterocycles. The number of hydrogen-bond acceptors (Lipinski definition) is 2. The molecule has 0 unspecified atom stereocenters. The minimum absolute atomic E-state index is 0.504.